The number of aldehydes is 1. The summed E-state index contributed by atoms with van der Waals surface area (Å²) in [7, 11) is -1.78. The Labute approximate surface area is 107 Å². The van der Waals surface area contributed by atoms with Crippen LogP contribution in [0.2, 0.25) is 18.1 Å². The van der Waals surface area contributed by atoms with E-state index in [9.17, 15) is 4.79 Å². The maximum atomic E-state index is 11.0. The molecule has 3 heteroatoms. The summed E-state index contributed by atoms with van der Waals surface area (Å²) in [6, 6.07) is 0. The fourth-order valence-electron chi connectivity index (χ4n) is 2.52. The molecule has 0 aromatic rings. The summed E-state index contributed by atoms with van der Waals surface area (Å²) < 4.78 is 6.61. The lowest BCUT2D eigenvalue weighted by Gasteiger charge is -2.45. The summed E-state index contributed by atoms with van der Waals surface area (Å²) in [6.45, 7) is 13.6. The standard InChI is InChI=1S/C14H28O2Si/c1-12-8-7-9-14(12,10-11-15)16-17(5,6)13(2,3)4/h11-12H,7-10H2,1-6H3/t12-,14-/m0/s1. The minimum Gasteiger partial charge on any atom is -0.411 e. The van der Waals surface area contributed by atoms with Crippen LogP contribution in [0.5, 0.6) is 0 Å². The van der Waals surface area contributed by atoms with Crippen LogP contribution in [0, 0.1) is 5.92 Å². The molecule has 100 valence electrons. The van der Waals surface area contributed by atoms with Gasteiger partial charge in [0.1, 0.15) is 6.29 Å². The van der Waals surface area contributed by atoms with Crippen molar-refractivity contribution in [2.24, 2.45) is 5.92 Å². The van der Waals surface area contributed by atoms with Gasteiger partial charge in [-0.15, -0.1) is 0 Å². The number of carbonyl (C=O) groups is 1. The van der Waals surface area contributed by atoms with Gasteiger partial charge in [0.2, 0.25) is 0 Å². The Morgan fingerprint density at radius 1 is 1.41 bits per heavy atom. The van der Waals surface area contributed by atoms with Gasteiger partial charge >= 0.3 is 0 Å². The highest BCUT2D eigenvalue weighted by Gasteiger charge is 2.48. The van der Waals surface area contributed by atoms with Crippen molar-refractivity contribution in [1.29, 1.82) is 0 Å². The van der Waals surface area contributed by atoms with Crippen molar-refractivity contribution >= 4 is 14.6 Å². The molecule has 1 rings (SSSR count). The van der Waals surface area contributed by atoms with Crippen molar-refractivity contribution in [2.75, 3.05) is 0 Å². The molecule has 0 aliphatic heterocycles. The zero-order chi connectivity index (χ0) is 13.3. The summed E-state index contributed by atoms with van der Waals surface area (Å²) in [6.07, 6.45) is 5.07. The molecular weight excluding hydrogens is 228 g/mol. The third kappa shape index (κ3) is 3.00. The molecule has 0 N–H and O–H groups in total. The van der Waals surface area contributed by atoms with Crippen molar-refractivity contribution in [3.63, 3.8) is 0 Å². The van der Waals surface area contributed by atoms with Crippen LogP contribution in [0.15, 0.2) is 0 Å². The maximum Gasteiger partial charge on any atom is 0.192 e. The highest BCUT2D eigenvalue weighted by molar-refractivity contribution is 6.74. The lowest BCUT2D eigenvalue weighted by atomic mass is 9.90. The van der Waals surface area contributed by atoms with Gasteiger partial charge in [-0.1, -0.05) is 34.1 Å². The lowest BCUT2D eigenvalue weighted by Crippen LogP contribution is -2.51. The molecule has 2 nitrogen and oxygen atoms in total. The fraction of sp³-hybridized carbons (Fsp3) is 0.929. The van der Waals surface area contributed by atoms with Crippen molar-refractivity contribution in [1.82, 2.24) is 0 Å². The molecule has 1 fully saturated rings. The Balaban J connectivity index is 2.91. The second-order valence-electron chi connectivity index (χ2n) is 7.09. The van der Waals surface area contributed by atoms with Crippen LogP contribution in [0.4, 0.5) is 0 Å². The Morgan fingerprint density at radius 3 is 2.35 bits per heavy atom. The lowest BCUT2D eigenvalue weighted by molar-refractivity contribution is -0.112. The van der Waals surface area contributed by atoms with E-state index in [4.69, 9.17) is 4.43 Å². The Morgan fingerprint density at radius 2 is 2.00 bits per heavy atom. The van der Waals surface area contributed by atoms with Gasteiger partial charge < -0.3 is 9.22 Å². The molecule has 0 spiro atoms. The first-order valence-corrected chi connectivity index (χ1v) is 9.69. The minimum atomic E-state index is -1.78. The molecule has 0 amide bonds. The molecule has 0 bridgehead atoms. The van der Waals surface area contributed by atoms with Gasteiger partial charge in [0.05, 0.1) is 5.60 Å². The van der Waals surface area contributed by atoms with E-state index in [1.807, 2.05) is 0 Å². The second kappa shape index (κ2) is 4.85. The van der Waals surface area contributed by atoms with Gasteiger partial charge in [0, 0.05) is 6.42 Å². The fourth-order valence-corrected chi connectivity index (χ4v) is 4.22. The molecule has 0 unspecified atom stereocenters. The number of hydrogen-bond acceptors (Lipinski definition) is 2. The van der Waals surface area contributed by atoms with Crippen LogP contribution in [0.1, 0.15) is 53.4 Å². The normalized spacial score (nSPS) is 30.6. The van der Waals surface area contributed by atoms with E-state index in [2.05, 4.69) is 40.8 Å². The topological polar surface area (TPSA) is 26.3 Å². The first-order valence-electron chi connectivity index (χ1n) is 6.78. The van der Waals surface area contributed by atoms with Gasteiger partial charge in [-0.05, 0) is 36.9 Å². The zero-order valence-corrected chi connectivity index (χ0v) is 13.3. The van der Waals surface area contributed by atoms with Crippen molar-refractivity contribution < 1.29 is 9.22 Å². The van der Waals surface area contributed by atoms with E-state index in [1.54, 1.807) is 0 Å². The van der Waals surface area contributed by atoms with E-state index in [1.165, 1.54) is 12.8 Å². The van der Waals surface area contributed by atoms with Gasteiger partial charge in [-0.25, -0.2) is 0 Å². The van der Waals surface area contributed by atoms with Gasteiger partial charge in [-0.3, -0.25) is 0 Å². The van der Waals surface area contributed by atoms with Gasteiger partial charge in [0.25, 0.3) is 0 Å². The zero-order valence-electron chi connectivity index (χ0n) is 12.3. The van der Waals surface area contributed by atoms with Crippen LogP contribution >= 0.6 is 0 Å². The summed E-state index contributed by atoms with van der Waals surface area (Å²) in [4.78, 5) is 11.0. The SMILES string of the molecule is C[C@H]1CCC[C@@]1(CC=O)O[Si](C)(C)C(C)(C)C. The molecule has 0 heterocycles. The first-order chi connectivity index (χ1) is 7.65. The molecule has 0 aromatic carbocycles. The number of carbonyl (C=O) groups excluding carboxylic acids is 1. The summed E-state index contributed by atoms with van der Waals surface area (Å²) in [5, 5.41) is 0.213. The largest absolute Gasteiger partial charge is 0.411 e. The van der Waals surface area contributed by atoms with Gasteiger partial charge in [-0.2, -0.15) is 0 Å². The smallest absolute Gasteiger partial charge is 0.192 e. The summed E-state index contributed by atoms with van der Waals surface area (Å²) in [5.74, 6) is 0.516. The Kier molecular flexibility index (Phi) is 4.25. The third-order valence-corrected chi connectivity index (χ3v) is 9.36. The molecular formula is C14H28O2Si. The predicted octanol–water partition coefficient (Wildman–Crippen LogP) is 4.16. The second-order valence-corrected chi connectivity index (χ2v) is 11.8. The molecule has 0 saturated heterocycles. The maximum absolute atomic E-state index is 11.0. The summed E-state index contributed by atoms with van der Waals surface area (Å²) in [5.41, 5.74) is -0.162. The van der Waals surface area contributed by atoms with Crippen molar-refractivity contribution in [2.45, 2.75) is 77.1 Å². The van der Waals surface area contributed by atoms with E-state index in [0.29, 0.717) is 12.3 Å². The Bertz CT molecular complexity index is 280. The molecule has 0 aromatic heterocycles. The van der Waals surface area contributed by atoms with Crippen LogP contribution < -0.4 is 0 Å². The number of hydrogen-bond donors (Lipinski definition) is 0. The van der Waals surface area contributed by atoms with E-state index in [-0.39, 0.29) is 10.6 Å². The van der Waals surface area contributed by atoms with Crippen LogP contribution in [-0.4, -0.2) is 20.2 Å². The van der Waals surface area contributed by atoms with E-state index >= 15 is 0 Å². The third-order valence-electron chi connectivity index (χ3n) is 4.83. The van der Waals surface area contributed by atoms with Gasteiger partial charge in [0.15, 0.2) is 8.32 Å². The minimum absolute atomic E-state index is 0.162. The predicted molar refractivity (Wildman–Crippen MR) is 74.7 cm³/mol. The van der Waals surface area contributed by atoms with E-state index in [0.717, 1.165) is 12.7 Å². The molecule has 1 saturated carbocycles. The van der Waals surface area contributed by atoms with Crippen LogP contribution in [0.25, 0.3) is 0 Å². The first kappa shape index (κ1) is 14.9. The highest BCUT2D eigenvalue weighted by atomic mass is 28.4. The van der Waals surface area contributed by atoms with E-state index < -0.39 is 8.32 Å². The summed E-state index contributed by atoms with van der Waals surface area (Å²) >= 11 is 0. The van der Waals surface area contributed by atoms with Crippen molar-refractivity contribution in [3.05, 3.63) is 0 Å². The quantitative estimate of drug-likeness (QED) is 0.558. The van der Waals surface area contributed by atoms with Crippen LogP contribution in [0.3, 0.4) is 0 Å². The molecule has 0 radical (unpaired) electrons. The molecule has 2 atom stereocenters. The highest BCUT2D eigenvalue weighted by Crippen LogP contribution is 2.47. The van der Waals surface area contributed by atoms with Crippen LogP contribution in [-0.2, 0) is 9.22 Å². The average molecular weight is 256 g/mol. The van der Waals surface area contributed by atoms with Crippen molar-refractivity contribution in [3.8, 4) is 0 Å². The molecule has 17 heavy (non-hydrogen) atoms. The molecule has 1 aliphatic rings. The monoisotopic (exact) mass is 256 g/mol. The molecule has 1 aliphatic carbocycles. The Hall–Kier alpha value is -0.153. The number of rotatable bonds is 4. The average Bonchev–Trinajstić information content (AvgIpc) is 2.46.